The number of ether oxygens (including phenoxy) is 1. The molecule has 0 radical (unpaired) electrons. The quantitative estimate of drug-likeness (QED) is 0.504. The van der Waals surface area contributed by atoms with Gasteiger partial charge in [0, 0.05) is 13.1 Å². The van der Waals surface area contributed by atoms with Gasteiger partial charge in [0.1, 0.15) is 11.8 Å². The molecule has 168 valence electrons. The normalized spacial score (nSPS) is 11.6. The molecule has 0 heterocycles. The summed E-state index contributed by atoms with van der Waals surface area (Å²) in [5.41, 5.74) is 3.34. The van der Waals surface area contributed by atoms with E-state index < -0.39 is 6.04 Å². The minimum Gasteiger partial charge on any atom is -0.484 e. The number of hydrogen-bond acceptors (Lipinski definition) is 3. The van der Waals surface area contributed by atoms with E-state index in [4.69, 9.17) is 4.74 Å². The van der Waals surface area contributed by atoms with Gasteiger partial charge in [-0.15, -0.1) is 0 Å². The molecule has 0 aliphatic heterocycles. The first-order valence-corrected chi connectivity index (χ1v) is 11.3. The smallest absolute Gasteiger partial charge is 0.261 e. The molecule has 5 nitrogen and oxygen atoms in total. The van der Waals surface area contributed by atoms with Crippen molar-refractivity contribution in [3.05, 3.63) is 65.2 Å². The van der Waals surface area contributed by atoms with Gasteiger partial charge < -0.3 is 15.0 Å². The van der Waals surface area contributed by atoms with Gasteiger partial charge in [0.15, 0.2) is 6.61 Å². The van der Waals surface area contributed by atoms with E-state index in [9.17, 15) is 9.59 Å². The maximum Gasteiger partial charge on any atom is 0.261 e. The summed E-state index contributed by atoms with van der Waals surface area (Å²) in [6.07, 6.45) is 3.42. The molecule has 5 heteroatoms. The molecule has 2 amide bonds. The third-order valence-electron chi connectivity index (χ3n) is 5.51. The van der Waals surface area contributed by atoms with Gasteiger partial charge in [-0.25, -0.2) is 0 Å². The van der Waals surface area contributed by atoms with Crippen molar-refractivity contribution in [3.63, 3.8) is 0 Å². The van der Waals surface area contributed by atoms with Crippen LogP contribution in [0.3, 0.4) is 0 Å². The molecule has 1 N–H and O–H groups in total. The molecule has 0 bridgehead atoms. The molecule has 31 heavy (non-hydrogen) atoms. The molecule has 2 aromatic carbocycles. The van der Waals surface area contributed by atoms with Crippen molar-refractivity contribution in [1.29, 1.82) is 0 Å². The molecule has 0 fully saturated rings. The third-order valence-corrected chi connectivity index (χ3v) is 5.51. The highest BCUT2D eigenvalue weighted by Gasteiger charge is 2.29. The van der Waals surface area contributed by atoms with Crippen LogP contribution in [0.15, 0.2) is 48.5 Å². The van der Waals surface area contributed by atoms with E-state index in [1.165, 1.54) is 5.56 Å². The van der Waals surface area contributed by atoms with E-state index in [-0.39, 0.29) is 18.4 Å². The maximum atomic E-state index is 13.2. The minimum atomic E-state index is -0.532. The zero-order valence-corrected chi connectivity index (χ0v) is 19.3. The predicted molar refractivity (Wildman–Crippen MR) is 125 cm³/mol. The molecule has 0 spiro atoms. The Kier molecular flexibility index (Phi) is 10.1. The van der Waals surface area contributed by atoms with Crippen molar-refractivity contribution in [2.45, 2.75) is 66.0 Å². The number of aryl methyl sites for hydroxylation is 2. The first-order valence-electron chi connectivity index (χ1n) is 11.3. The van der Waals surface area contributed by atoms with E-state index in [0.29, 0.717) is 25.3 Å². The van der Waals surface area contributed by atoms with Crippen molar-refractivity contribution < 1.29 is 14.3 Å². The third kappa shape index (κ3) is 7.42. The number of carbonyl (C=O) groups excluding carboxylic acids is 2. The number of amides is 2. The lowest BCUT2D eigenvalue weighted by Crippen LogP contribution is -2.50. The van der Waals surface area contributed by atoms with Crippen molar-refractivity contribution in [1.82, 2.24) is 10.2 Å². The van der Waals surface area contributed by atoms with Crippen LogP contribution in [-0.4, -0.2) is 35.9 Å². The molecule has 0 saturated carbocycles. The van der Waals surface area contributed by atoms with Gasteiger partial charge in [0.2, 0.25) is 5.91 Å². The number of nitrogens with one attached hydrogen (secondary N) is 1. The standard InChI is InChI=1S/C26H36N2O3/c1-5-8-17-27-26(30)24(7-3)28(18-22-12-10-9-11-20(22)4)25(29)19-31-23-15-13-21(6-2)14-16-23/h9-16,24H,5-8,17-19H2,1-4H3,(H,27,30). The van der Waals surface area contributed by atoms with Crippen LogP contribution in [0.4, 0.5) is 0 Å². The minimum absolute atomic E-state index is 0.101. The fourth-order valence-electron chi connectivity index (χ4n) is 3.45. The second-order valence-corrected chi connectivity index (χ2v) is 7.80. The van der Waals surface area contributed by atoms with Crippen LogP contribution in [0.25, 0.3) is 0 Å². The lowest BCUT2D eigenvalue weighted by Gasteiger charge is -2.31. The first kappa shape index (κ1) is 24.4. The number of hydrogen-bond donors (Lipinski definition) is 1. The Morgan fingerprint density at radius 3 is 2.35 bits per heavy atom. The van der Waals surface area contributed by atoms with Crippen LogP contribution < -0.4 is 10.1 Å². The Hall–Kier alpha value is -2.82. The molecule has 0 aromatic heterocycles. The number of benzene rings is 2. The second kappa shape index (κ2) is 12.8. The Morgan fingerprint density at radius 1 is 1.03 bits per heavy atom. The predicted octanol–water partition coefficient (Wildman–Crippen LogP) is 4.66. The Labute approximate surface area is 186 Å². The van der Waals surface area contributed by atoms with Crippen LogP contribution in [0, 0.1) is 6.92 Å². The highest BCUT2D eigenvalue weighted by molar-refractivity contribution is 5.88. The second-order valence-electron chi connectivity index (χ2n) is 7.80. The summed E-state index contributed by atoms with van der Waals surface area (Å²) in [4.78, 5) is 27.7. The van der Waals surface area contributed by atoms with Gasteiger partial charge in [-0.2, -0.15) is 0 Å². The summed E-state index contributed by atoms with van der Waals surface area (Å²) in [6, 6.07) is 15.2. The molecule has 2 rings (SSSR count). The van der Waals surface area contributed by atoms with Crippen LogP contribution in [-0.2, 0) is 22.6 Å². The van der Waals surface area contributed by atoms with Gasteiger partial charge in [-0.1, -0.05) is 63.6 Å². The summed E-state index contributed by atoms with van der Waals surface area (Å²) in [5, 5.41) is 2.98. The summed E-state index contributed by atoms with van der Waals surface area (Å²) in [6.45, 7) is 9.04. The molecular weight excluding hydrogens is 388 g/mol. The van der Waals surface area contributed by atoms with Crippen LogP contribution in [0.2, 0.25) is 0 Å². The van der Waals surface area contributed by atoms with E-state index >= 15 is 0 Å². The van der Waals surface area contributed by atoms with Gasteiger partial charge in [0.25, 0.3) is 5.91 Å². The zero-order chi connectivity index (χ0) is 22.6. The summed E-state index contributed by atoms with van der Waals surface area (Å²) >= 11 is 0. The summed E-state index contributed by atoms with van der Waals surface area (Å²) < 4.78 is 5.77. The number of carbonyl (C=O) groups is 2. The number of unbranched alkanes of at least 4 members (excludes halogenated alkanes) is 1. The first-order chi connectivity index (χ1) is 15.0. The van der Waals surface area contributed by atoms with Crippen molar-refractivity contribution in [2.75, 3.05) is 13.2 Å². The van der Waals surface area contributed by atoms with Crippen LogP contribution in [0.1, 0.15) is 56.7 Å². The van der Waals surface area contributed by atoms with Gasteiger partial charge in [0.05, 0.1) is 0 Å². The molecular formula is C26H36N2O3. The molecule has 0 aliphatic carbocycles. The Bertz CT molecular complexity index is 833. The lowest BCUT2D eigenvalue weighted by molar-refractivity contribution is -0.143. The zero-order valence-electron chi connectivity index (χ0n) is 19.3. The van der Waals surface area contributed by atoms with Gasteiger partial charge >= 0.3 is 0 Å². The van der Waals surface area contributed by atoms with Crippen molar-refractivity contribution in [2.24, 2.45) is 0 Å². The number of rotatable bonds is 12. The summed E-state index contributed by atoms with van der Waals surface area (Å²) in [7, 11) is 0. The highest BCUT2D eigenvalue weighted by Crippen LogP contribution is 2.17. The summed E-state index contributed by atoms with van der Waals surface area (Å²) in [5.74, 6) is 0.354. The average Bonchev–Trinajstić information content (AvgIpc) is 2.79. The largest absolute Gasteiger partial charge is 0.484 e. The molecule has 2 aromatic rings. The van der Waals surface area contributed by atoms with Crippen molar-refractivity contribution in [3.8, 4) is 5.75 Å². The van der Waals surface area contributed by atoms with Crippen LogP contribution in [0.5, 0.6) is 5.75 Å². The lowest BCUT2D eigenvalue weighted by atomic mass is 10.1. The Balaban J connectivity index is 2.16. The fraction of sp³-hybridized carbons (Fsp3) is 0.462. The molecule has 0 saturated heterocycles. The van der Waals surface area contributed by atoms with E-state index in [1.54, 1.807) is 4.90 Å². The van der Waals surface area contributed by atoms with Crippen molar-refractivity contribution >= 4 is 11.8 Å². The molecule has 1 atom stereocenters. The molecule has 1 unspecified atom stereocenters. The monoisotopic (exact) mass is 424 g/mol. The fourth-order valence-corrected chi connectivity index (χ4v) is 3.45. The van der Waals surface area contributed by atoms with Crippen LogP contribution >= 0.6 is 0 Å². The topological polar surface area (TPSA) is 58.6 Å². The molecule has 0 aliphatic rings. The van der Waals surface area contributed by atoms with E-state index in [1.807, 2.05) is 62.4 Å². The Morgan fingerprint density at radius 2 is 1.74 bits per heavy atom. The SMILES string of the molecule is CCCCNC(=O)C(CC)N(Cc1ccccc1C)C(=O)COc1ccc(CC)cc1. The number of nitrogens with zero attached hydrogens (tertiary/aromatic N) is 1. The van der Waals surface area contributed by atoms with E-state index in [2.05, 4.69) is 19.2 Å². The van der Waals surface area contributed by atoms with E-state index in [0.717, 1.165) is 30.4 Å². The highest BCUT2D eigenvalue weighted by atomic mass is 16.5. The average molecular weight is 425 g/mol. The maximum absolute atomic E-state index is 13.2. The van der Waals surface area contributed by atoms with Gasteiger partial charge in [-0.05, 0) is 55.0 Å². The van der Waals surface area contributed by atoms with Gasteiger partial charge in [-0.3, -0.25) is 9.59 Å².